The van der Waals surface area contributed by atoms with Crippen LogP contribution in [0.2, 0.25) is 0 Å². The molecular formula is C22H19F3N4O3. The number of amides is 1. The summed E-state index contributed by atoms with van der Waals surface area (Å²) in [6.07, 6.45) is -4.63. The lowest BCUT2D eigenvalue weighted by molar-refractivity contribution is -0.189. The average molecular weight is 444 g/mol. The number of aryl methyl sites for hydroxylation is 1. The number of carbonyl (C=O) groups excluding carboxylic acids is 1. The molecule has 0 radical (unpaired) electrons. The fourth-order valence-corrected chi connectivity index (χ4v) is 3.35. The van der Waals surface area contributed by atoms with E-state index in [-0.39, 0.29) is 18.2 Å². The highest BCUT2D eigenvalue weighted by Crippen LogP contribution is 2.32. The second-order valence-electron chi connectivity index (χ2n) is 7.35. The molecule has 10 heteroatoms. The Bertz CT molecular complexity index is 1290. The number of alkyl halides is 3. The van der Waals surface area contributed by atoms with E-state index in [4.69, 9.17) is 15.0 Å². The summed E-state index contributed by atoms with van der Waals surface area (Å²) in [6, 6.07) is 12.0. The summed E-state index contributed by atoms with van der Waals surface area (Å²) in [5.41, 5.74) is 7.85. The van der Waals surface area contributed by atoms with Crippen molar-refractivity contribution in [2.75, 3.05) is 0 Å². The van der Waals surface area contributed by atoms with E-state index in [0.717, 1.165) is 17.8 Å². The molecule has 0 saturated heterocycles. The van der Waals surface area contributed by atoms with Gasteiger partial charge in [-0.15, -0.1) is 0 Å². The molecule has 0 aliphatic carbocycles. The Morgan fingerprint density at radius 1 is 1.25 bits per heavy atom. The van der Waals surface area contributed by atoms with Gasteiger partial charge in [-0.1, -0.05) is 17.3 Å². The van der Waals surface area contributed by atoms with E-state index in [1.807, 2.05) is 24.3 Å². The maximum atomic E-state index is 12.8. The number of fused-ring (bicyclic) bond motifs is 1. The Hall–Kier alpha value is -3.82. The number of ether oxygens (including phenoxy) is 1. The molecule has 7 nitrogen and oxygen atoms in total. The highest BCUT2D eigenvalue weighted by molar-refractivity contribution is 5.94. The molecule has 0 aliphatic rings. The van der Waals surface area contributed by atoms with Gasteiger partial charge in [-0.2, -0.15) is 18.2 Å². The van der Waals surface area contributed by atoms with Crippen molar-refractivity contribution < 1.29 is 27.2 Å². The fourth-order valence-electron chi connectivity index (χ4n) is 3.35. The number of carbonyl (C=O) groups is 1. The van der Waals surface area contributed by atoms with Gasteiger partial charge < -0.3 is 19.6 Å². The quantitative estimate of drug-likeness (QED) is 0.473. The zero-order valence-corrected chi connectivity index (χ0v) is 17.2. The SMILES string of the molecule is Cc1cc(-c2nc(-c3cccc4c3ccn4CC(N)=O)no2)ccc1O[C@@H](C)C(F)(F)F. The van der Waals surface area contributed by atoms with Gasteiger partial charge in [0.25, 0.3) is 5.89 Å². The van der Waals surface area contributed by atoms with Gasteiger partial charge in [-0.25, -0.2) is 0 Å². The molecule has 0 saturated carbocycles. The Kier molecular flexibility index (Phi) is 5.37. The van der Waals surface area contributed by atoms with Gasteiger partial charge in [-0.3, -0.25) is 4.79 Å². The molecule has 2 N–H and O–H groups in total. The molecule has 0 fully saturated rings. The van der Waals surface area contributed by atoms with Crippen LogP contribution in [0, 0.1) is 6.92 Å². The van der Waals surface area contributed by atoms with Crippen molar-refractivity contribution in [3.63, 3.8) is 0 Å². The monoisotopic (exact) mass is 444 g/mol. The largest absolute Gasteiger partial charge is 0.481 e. The number of nitrogens with zero attached hydrogens (tertiary/aromatic N) is 3. The van der Waals surface area contributed by atoms with E-state index in [2.05, 4.69) is 10.1 Å². The van der Waals surface area contributed by atoms with E-state index in [1.165, 1.54) is 6.07 Å². The molecule has 1 amide bonds. The Morgan fingerprint density at radius 3 is 2.72 bits per heavy atom. The third kappa shape index (κ3) is 4.16. The normalized spacial score (nSPS) is 12.8. The minimum absolute atomic E-state index is 0.0467. The minimum Gasteiger partial charge on any atom is -0.481 e. The van der Waals surface area contributed by atoms with Crippen LogP contribution in [-0.4, -0.2) is 32.9 Å². The highest BCUT2D eigenvalue weighted by Gasteiger charge is 2.38. The summed E-state index contributed by atoms with van der Waals surface area (Å²) in [7, 11) is 0. The summed E-state index contributed by atoms with van der Waals surface area (Å²) >= 11 is 0. The van der Waals surface area contributed by atoms with Gasteiger partial charge in [-0.05, 0) is 49.7 Å². The number of hydrogen-bond donors (Lipinski definition) is 1. The molecule has 2 aromatic heterocycles. The van der Waals surface area contributed by atoms with Crippen LogP contribution >= 0.6 is 0 Å². The number of aromatic nitrogens is 3. The standard InChI is InChI=1S/C22H19F3N4O3/c1-12-10-14(6-7-18(12)31-13(2)22(23,24)25)21-27-20(28-32-21)16-4-3-5-17-15(16)8-9-29(17)11-19(26)30/h3-10,13H,11H2,1-2H3,(H2,26,30)/t13-/m0/s1. The molecule has 0 unspecified atom stereocenters. The molecule has 166 valence electrons. The first-order chi connectivity index (χ1) is 15.1. The van der Waals surface area contributed by atoms with Gasteiger partial charge in [0.15, 0.2) is 6.10 Å². The predicted molar refractivity (Wildman–Crippen MR) is 111 cm³/mol. The zero-order chi connectivity index (χ0) is 23.0. The van der Waals surface area contributed by atoms with E-state index in [0.29, 0.717) is 22.5 Å². The van der Waals surface area contributed by atoms with Crippen molar-refractivity contribution in [2.45, 2.75) is 32.7 Å². The Balaban J connectivity index is 1.63. The summed E-state index contributed by atoms with van der Waals surface area (Å²) in [4.78, 5) is 15.7. The molecule has 32 heavy (non-hydrogen) atoms. The molecule has 1 atom stereocenters. The second kappa shape index (κ2) is 8.03. The number of hydrogen-bond acceptors (Lipinski definition) is 5. The van der Waals surface area contributed by atoms with Crippen LogP contribution in [0.25, 0.3) is 33.7 Å². The lowest BCUT2D eigenvalue weighted by atomic mass is 10.1. The van der Waals surface area contributed by atoms with Crippen molar-refractivity contribution in [3.8, 4) is 28.6 Å². The summed E-state index contributed by atoms with van der Waals surface area (Å²) in [6.45, 7) is 2.64. The number of benzene rings is 2. The Morgan fingerprint density at radius 2 is 2.03 bits per heavy atom. The van der Waals surface area contributed by atoms with Crippen LogP contribution in [0.4, 0.5) is 13.2 Å². The van der Waals surface area contributed by atoms with E-state index < -0.39 is 18.2 Å². The van der Waals surface area contributed by atoms with Crippen LogP contribution < -0.4 is 10.5 Å². The van der Waals surface area contributed by atoms with E-state index in [1.54, 1.807) is 29.8 Å². The van der Waals surface area contributed by atoms with Crippen LogP contribution in [0.1, 0.15) is 12.5 Å². The van der Waals surface area contributed by atoms with Gasteiger partial charge in [0.2, 0.25) is 11.7 Å². The van der Waals surface area contributed by atoms with Crippen molar-refractivity contribution in [1.29, 1.82) is 0 Å². The maximum Gasteiger partial charge on any atom is 0.425 e. The minimum atomic E-state index is -4.45. The smallest absolute Gasteiger partial charge is 0.425 e. The first kappa shape index (κ1) is 21.4. The van der Waals surface area contributed by atoms with Crippen molar-refractivity contribution in [3.05, 3.63) is 54.2 Å². The number of rotatable bonds is 6. The first-order valence-electron chi connectivity index (χ1n) is 9.68. The van der Waals surface area contributed by atoms with Crippen LogP contribution in [0.5, 0.6) is 5.75 Å². The van der Waals surface area contributed by atoms with Crippen LogP contribution in [-0.2, 0) is 11.3 Å². The highest BCUT2D eigenvalue weighted by atomic mass is 19.4. The van der Waals surface area contributed by atoms with Gasteiger partial charge in [0.1, 0.15) is 12.3 Å². The van der Waals surface area contributed by atoms with Crippen molar-refractivity contribution in [1.82, 2.24) is 14.7 Å². The predicted octanol–water partition coefficient (Wildman–Crippen LogP) is 4.48. The molecule has 2 heterocycles. The number of nitrogens with two attached hydrogens (primary N) is 1. The number of halogens is 3. The first-order valence-corrected chi connectivity index (χ1v) is 9.68. The molecule has 0 bridgehead atoms. The second-order valence-corrected chi connectivity index (χ2v) is 7.35. The van der Waals surface area contributed by atoms with E-state index in [9.17, 15) is 18.0 Å². The molecular weight excluding hydrogens is 425 g/mol. The molecule has 0 aliphatic heterocycles. The number of primary amides is 1. The summed E-state index contributed by atoms with van der Waals surface area (Å²) < 4.78 is 50.4. The van der Waals surface area contributed by atoms with Crippen molar-refractivity contribution in [2.24, 2.45) is 5.73 Å². The Labute approximate surface area is 180 Å². The maximum absolute atomic E-state index is 12.8. The van der Waals surface area contributed by atoms with Crippen molar-refractivity contribution >= 4 is 16.8 Å². The van der Waals surface area contributed by atoms with Gasteiger partial charge in [0.05, 0.1) is 0 Å². The van der Waals surface area contributed by atoms with E-state index >= 15 is 0 Å². The molecule has 2 aromatic carbocycles. The zero-order valence-electron chi connectivity index (χ0n) is 17.2. The molecule has 4 rings (SSSR count). The third-order valence-electron chi connectivity index (χ3n) is 4.99. The topological polar surface area (TPSA) is 96.2 Å². The fraction of sp³-hybridized carbons (Fsp3) is 0.227. The van der Waals surface area contributed by atoms with Crippen LogP contribution in [0.15, 0.2) is 53.2 Å². The van der Waals surface area contributed by atoms with Gasteiger partial charge in [0, 0.05) is 28.2 Å². The lowest BCUT2D eigenvalue weighted by Gasteiger charge is -2.19. The van der Waals surface area contributed by atoms with Gasteiger partial charge >= 0.3 is 6.18 Å². The average Bonchev–Trinajstić information content (AvgIpc) is 3.36. The molecule has 0 spiro atoms. The lowest BCUT2D eigenvalue weighted by Crippen LogP contribution is -2.31. The van der Waals surface area contributed by atoms with Crippen LogP contribution in [0.3, 0.4) is 0 Å². The third-order valence-corrected chi connectivity index (χ3v) is 4.99. The summed E-state index contributed by atoms with van der Waals surface area (Å²) in [5.74, 6) is 0.222. The molecule has 4 aromatic rings. The summed E-state index contributed by atoms with van der Waals surface area (Å²) in [5, 5.41) is 4.87.